The first-order valence-electron chi connectivity index (χ1n) is 3.47. The molecule has 11 heavy (non-hydrogen) atoms. The monoisotopic (exact) mass is 152 g/mol. The van der Waals surface area contributed by atoms with E-state index in [9.17, 15) is 0 Å². The van der Waals surface area contributed by atoms with Gasteiger partial charge in [0.25, 0.3) is 0 Å². The Morgan fingerprint density at radius 1 is 1.73 bits per heavy atom. The molecule has 0 amide bonds. The predicted octanol–water partition coefficient (Wildman–Crippen LogP) is 0.254. The summed E-state index contributed by atoms with van der Waals surface area (Å²) in [6, 6.07) is 3.56. The van der Waals surface area contributed by atoms with E-state index in [0.29, 0.717) is 12.5 Å². The Balaban J connectivity index is 1.85. The molecule has 1 fully saturated rings. The Morgan fingerprint density at radius 3 is 3.27 bits per heavy atom. The lowest BCUT2D eigenvalue weighted by Gasteiger charge is -1.99. The quantitative estimate of drug-likeness (QED) is 0.582. The predicted molar refractivity (Wildman–Crippen MR) is 37.3 cm³/mol. The van der Waals surface area contributed by atoms with Crippen LogP contribution >= 0.6 is 0 Å². The van der Waals surface area contributed by atoms with E-state index in [1.807, 2.05) is 0 Å². The van der Waals surface area contributed by atoms with E-state index in [1.165, 1.54) is 0 Å². The molecule has 0 saturated carbocycles. The van der Waals surface area contributed by atoms with Gasteiger partial charge in [-0.1, -0.05) is 0 Å². The standard InChI is InChI=1S/C7H8N2O2/c1-2-7(9-8-3-1)11-5-6-4-10-6/h1-3,6H,4-5H2/t6-/m1/s1. The van der Waals surface area contributed by atoms with Crippen LogP contribution in [-0.2, 0) is 4.74 Å². The average molecular weight is 152 g/mol. The van der Waals surface area contributed by atoms with Crippen molar-refractivity contribution in [2.75, 3.05) is 13.2 Å². The highest BCUT2D eigenvalue weighted by Crippen LogP contribution is 2.10. The topological polar surface area (TPSA) is 47.5 Å². The van der Waals surface area contributed by atoms with Crippen LogP contribution in [0, 0.1) is 0 Å². The molecular formula is C7H8N2O2. The van der Waals surface area contributed by atoms with Crippen LogP contribution < -0.4 is 4.74 Å². The highest BCUT2D eigenvalue weighted by molar-refractivity contribution is 5.05. The van der Waals surface area contributed by atoms with Gasteiger partial charge in [0.2, 0.25) is 5.88 Å². The number of rotatable bonds is 3. The molecule has 2 heterocycles. The third-order valence-electron chi connectivity index (χ3n) is 1.37. The molecule has 0 bridgehead atoms. The molecule has 0 aliphatic carbocycles. The molecule has 1 atom stereocenters. The SMILES string of the molecule is c1cnnc(OC[C@H]2CO2)c1. The van der Waals surface area contributed by atoms with Crippen molar-refractivity contribution in [3.8, 4) is 5.88 Å². The van der Waals surface area contributed by atoms with E-state index >= 15 is 0 Å². The summed E-state index contributed by atoms with van der Waals surface area (Å²) < 4.78 is 10.2. The largest absolute Gasteiger partial charge is 0.474 e. The van der Waals surface area contributed by atoms with Crippen LogP contribution in [0.1, 0.15) is 0 Å². The van der Waals surface area contributed by atoms with Crippen LogP contribution in [0.3, 0.4) is 0 Å². The molecule has 4 nitrogen and oxygen atoms in total. The smallest absolute Gasteiger partial charge is 0.233 e. The Bertz CT molecular complexity index is 223. The lowest BCUT2D eigenvalue weighted by molar-refractivity contribution is 0.253. The number of hydrogen-bond acceptors (Lipinski definition) is 4. The fourth-order valence-corrected chi connectivity index (χ4v) is 0.707. The summed E-state index contributed by atoms with van der Waals surface area (Å²) in [6.07, 6.45) is 1.89. The van der Waals surface area contributed by atoms with Crippen LogP contribution in [0.5, 0.6) is 5.88 Å². The van der Waals surface area contributed by atoms with Gasteiger partial charge in [-0.25, -0.2) is 0 Å². The van der Waals surface area contributed by atoms with E-state index in [4.69, 9.17) is 9.47 Å². The molecule has 1 aromatic heterocycles. The summed E-state index contributed by atoms with van der Waals surface area (Å²) in [5.74, 6) is 0.558. The van der Waals surface area contributed by atoms with Crippen molar-refractivity contribution in [3.05, 3.63) is 18.3 Å². The zero-order valence-corrected chi connectivity index (χ0v) is 5.93. The summed E-state index contributed by atoms with van der Waals surface area (Å²) in [6.45, 7) is 1.39. The third-order valence-corrected chi connectivity index (χ3v) is 1.37. The minimum absolute atomic E-state index is 0.275. The van der Waals surface area contributed by atoms with Gasteiger partial charge in [-0.15, -0.1) is 5.10 Å². The molecular weight excluding hydrogens is 144 g/mol. The number of epoxide rings is 1. The maximum atomic E-state index is 5.23. The lowest BCUT2D eigenvalue weighted by atomic mass is 10.5. The second-order valence-electron chi connectivity index (χ2n) is 2.33. The van der Waals surface area contributed by atoms with Gasteiger partial charge in [0.15, 0.2) is 0 Å². The van der Waals surface area contributed by atoms with Gasteiger partial charge in [-0.05, 0) is 6.07 Å². The second-order valence-corrected chi connectivity index (χ2v) is 2.33. The molecule has 2 rings (SSSR count). The lowest BCUT2D eigenvalue weighted by Crippen LogP contribution is -2.05. The maximum absolute atomic E-state index is 5.23. The number of aromatic nitrogens is 2. The molecule has 1 saturated heterocycles. The van der Waals surface area contributed by atoms with Crippen molar-refractivity contribution in [1.29, 1.82) is 0 Å². The molecule has 0 radical (unpaired) electrons. The van der Waals surface area contributed by atoms with E-state index in [2.05, 4.69) is 10.2 Å². The Morgan fingerprint density at radius 2 is 2.64 bits per heavy atom. The maximum Gasteiger partial charge on any atom is 0.233 e. The highest BCUT2D eigenvalue weighted by atomic mass is 16.6. The van der Waals surface area contributed by atoms with Gasteiger partial charge >= 0.3 is 0 Å². The van der Waals surface area contributed by atoms with E-state index < -0.39 is 0 Å². The first-order chi connectivity index (χ1) is 5.45. The third kappa shape index (κ3) is 1.88. The summed E-state index contributed by atoms with van der Waals surface area (Å²) >= 11 is 0. The first kappa shape index (κ1) is 6.54. The van der Waals surface area contributed by atoms with E-state index in [0.717, 1.165) is 6.61 Å². The van der Waals surface area contributed by atoms with Gasteiger partial charge in [-0.2, -0.15) is 5.10 Å². The van der Waals surface area contributed by atoms with Gasteiger partial charge in [0, 0.05) is 12.3 Å². The highest BCUT2D eigenvalue weighted by Gasteiger charge is 2.23. The van der Waals surface area contributed by atoms with Crippen molar-refractivity contribution in [3.63, 3.8) is 0 Å². The minimum atomic E-state index is 0.275. The normalized spacial score (nSPS) is 21.3. The minimum Gasteiger partial charge on any atom is -0.474 e. The van der Waals surface area contributed by atoms with Crippen molar-refractivity contribution >= 4 is 0 Å². The molecule has 1 aliphatic heterocycles. The van der Waals surface area contributed by atoms with Crippen LogP contribution in [0.15, 0.2) is 18.3 Å². The van der Waals surface area contributed by atoms with Gasteiger partial charge < -0.3 is 9.47 Å². The number of hydrogen-bond donors (Lipinski definition) is 0. The van der Waals surface area contributed by atoms with Crippen molar-refractivity contribution in [2.24, 2.45) is 0 Å². The summed E-state index contributed by atoms with van der Waals surface area (Å²) in [5, 5.41) is 7.42. The van der Waals surface area contributed by atoms with Crippen molar-refractivity contribution < 1.29 is 9.47 Å². The number of nitrogens with zero attached hydrogens (tertiary/aromatic N) is 2. The molecule has 58 valence electrons. The van der Waals surface area contributed by atoms with Crippen LogP contribution in [-0.4, -0.2) is 29.5 Å². The Labute approximate surface area is 64.2 Å². The molecule has 0 spiro atoms. The molecule has 1 aromatic rings. The van der Waals surface area contributed by atoms with Crippen LogP contribution in [0.25, 0.3) is 0 Å². The van der Waals surface area contributed by atoms with Crippen molar-refractivity contribution in [2.45, 2.75) is 6.10 Å². The number of ether oxygens (including phenoxy) is 2. The zero-order valence-electron chi connectivity index (χ0n) is 5.93. The second kappa shape index (κ2) is 2.84. The van der Waals surface area contributed by atoms with Crippen LogP contribution in [0.2, 0.25) is 0 Å². The van der Waals surface area contributed by atoms with Gasteiger partial charge in [0.05, 0.1) is 6.61 Å². The average Bonchev–Trinajstić information content (AvgIpc) is 2.86. The molecule has 0 N–H and O–H groups in total. The summed E-state index contributed by atoms with van der Waals surface area (Å²) in [5.41, 5.74) is 0. The Kier molecular flexibility index (Phi) is 1.69. The van der Waals surface area contributed by atoms with Gasteiger partial charge in [0.1, 0.15) is 12.7 Å². The zero-order chi connectivity index (χ0) is 7.52. The van der Waals surface area contributed by atoms with Crippen molar-refractivity contribution in [1.82, 2.24) is 10.2 Å². The van der Waals surface area contributed by atoms with Crippen LogP contribution in [0.4, 0.5) is 0 Å². The molecule has 0 unspecified atom stereocenters. The molecule has 1 aliphatic rings. The summed E-state index contributed by atoms with van der Waals surface area (Å²) in [4.78, 5) is 0. The van der Waals surface area contributed by atoms with E-state index in [-0.39, 0.29) is 6.10 Å². The molecule has 4 heteroatoms. The fraction of sp³-hybridized carbons (Fsp3) is 0.429. The first-order valence-corrected chi connectivity index (χ1v) is 3.47. The fourth-order valence-electron chi connectivity index (χ4n) is 0.707. The summed E-state index contributed by atoms with van der Waals surface area (Å²) in [7, 11) is 0. The van der Waals surface area contributed by atoms with Gasteiger partial charge in [-0.3, -0.25) is 0 Å². The molecule has 0 aromatic carbocycles. The Hall–Kier alpha value is -1.16. The van der Waals surface area contributed by atoms with E-state index in [1.54, 1.807) is 18.3 Å².